The Morgan fingerprint density at radius 1 is 1.31 bits per heavy atom. The third-order valence-corrected chi connectivity index (χ3v) is 4.50. The molecule has 8 nitrogen and oxygen atoms in total. The highest BCUT2D eigenvalue weighted by Gasteiger charge is 2.23. The van der Waals surface area contributed by atoms with Gasteiger partial charge in [-0.25, -0.2) is 13.1 Å². The minimum atomic E-state index is -3.28. The molecule has 0 aromatic heterocycles. The van der Waals surface area contributed by atoms with Crippen molar-refractivity contribution < 1.29 is 17.9 Å². The van der Waals surface area contributed by atoms with Crippen molar-refractivity contribution in [1.29, 1.82) is 0 Å². The molecule has 1 heterocycles. The van der Waals surface area contributed by atoms with Crippen LogP contribution in [-0.4, -0.2) is 58.5 Å². The summed E-state index contributed by atoms with van der Waals surface area (Å²) >= 11 is 0. The highest BCUT2D eigenvalue weighted by Crippen LogP contribution is 2.32. The van der Waals surface area contributed by atoms with Gasteiger partial charge in [-0.3, -0.25) is 4.99 Å². The van der Waals surface area contributed by atoms with Gasteiger partial charge in [0.1, 0.15) is 0 Å². The van der Waals surface area contributed by atoms with Crippen LogP contribution in [0.4, 0.5) is 0 Å². The van der Waals surface area contributed by atoms with Gasteiger partial charge in [0.15, 0.2) is 17.5 Å². The van der Waals surface area contributed by atoms with E-state index in [0.29, 0.717) is 19.0 Å². The number of guanidine groups is 1. The highest BCUT2D eigenvalue weighted by atomic mass is 127. The molecule has 0 saturated carbocycles. The van der Waals surface area contributed by atoms with Crippen molar-refractivity contribution in [2.45, 2.75) is 25.9 Å². The lowest BCUT2D eigenvalue weighted by atomic mass is 10.1. The lowest BCUT2D eigenvalue weighted by Gasteiger charge is -2.29. The first-order chi connectivity index (χ1) is 11.6. The third-order valence-electron chi connectivity index (χ3n) is 3.58. The normalized spacial score (nSPS) is 14.0. The van der Waals surface area contributed by atoms with Crippen molar-refractivity contribution in [3.63, 3.8) is 0 Å². The Balaban J connectivity index is 0.00000338. The Morgan fingerprint density at radius 2 is 1.96 bits per heavy atom. The summed E-state index contributed by atoms with van der Waals surface area (Å²) in [5.74, 6) is 2.16. The lowest BCUT2D eigenvalue weighted by molar-refractivity contribution is 0.174. The molecule has 0 amide bonds. The summed E-state index contributed by atoms with van der Waals surface area (Å²) in [5.41, 5.74) is 0.423. The molecule has 2 rings (SSSR count). The highest BCUT2D eigenvalue weighted by molar-refractivity contribution is 14.0. The van der Waals surface area contributed by atoms with Crippen LogP contribution in [0.3, 0.4) is 0 Å². The molecule has 148 valence electrons. The third kappa shape index (κ3) is 6.80. The lowest BCUT2D eigenvalue weighted by Crippen LogP contribution is -2.53. The van der Waals surface area contributed by atoms with Gasteiger partial charge in [-0.05, 0) is 31.5 Å². The largest absolute Gasteiger partial charge is 0.454 e. The monoisotopic (exact) mass is 498 g/mol. The Bertz CT molecular complexity index is 753. The van der Waals surface area contributed by atoms with Gasteiger partial charge >= 0.3 is 0 Å². The van der Waals surface area contributed by atoms with Crippen molar-refractivity contribution >= 4 is 40.0 Å². The average molecular weight is 498 g/mol. The van der Waals surface area contributed by atoms with E-state index >= 15 is 0 Å². The molecule has 10 heteroatoms. The van der Waals surface area contributed by atoms with Gasteiger partial charge in [0, 0.05) is 32.7 Å². The van der Waals surface area contributed by atoms with Crippen LogP contribution in [0, 0.1) is 0 Å². The van der Waals surface area contributed by atoms with Crippen LogP contribution in [0.2, 0.25) is 0 Å². The van der Waals surface area contributed by atoms with Crippen molar-refractivity contribution in [3.8, 4) is 11.5 Å². The smallest absolute Gasteiger partial charge is 0.231 e. The van der Waals surface area contributed by atoms with E-state index in [-0.39, 0.29) is 30.8 Å². The SMILES string of the molecule is CN=C(NCC(C)(C)NS(C)(=O)=O)N(C)Cc1ccc2c(c1)OCO2.I. The summed E-state index contributed by atoms with van der Waals surface area (Å²) in [5, 5.41) is 3.20. The van der Waals surface area contributed by atoms with E-state index in [1.807, 2.05) is 44.0 Å². The molecule has 2 N–H and O–H groups in total. The number of sulfonamides is 1. The molecular formula is C16H27IN4O4S. The molecule has 26 heavy (non-hydrogen) atoms. The van der Waals surface area contributed by atoms with Gasteiger partial charge in [0.25, 0.3) is 0 Å². The maximum absolute atomic E-state index is 11.4. The first-order valence-corrected chi connectivity index (χ1v) is 9.78. The molecule has 0 saturated heterocycles. The molecule has 0 bridgehead atoms. The Morgan fingerprint density at radius 3 is 2.58 bits per heavy atom. The number of hydrogen-bond acceptors (Lipinski definition) is 5. The van der Waals surface area contributed by atoms with E-state index in [1.165, 1.54) is 0 Å². The molecule has 1 aliphatic heterocycles. The topological polar surface area (TPSA) is 92.3 Å². The predicted octanol–water partition coefficient (Wildman–Crippen LogP) is 1.37. The molecule has 1 aromatic rings. The summed E-state index contributed by atoms with van der Waals surface area (Å²) in [7, 11) is 0.323. The first-order valence-electron chi connectivity index (χ1n) is 7.89. The van der Waals surface area contributed by atoms with Crippen LogP contribution in [0.5, 0.6) is 11.5 Å². The Labute approximate surface area is 172 Å². The summed E-state index contributed by atoms with van der Waals surface area (Å²) in [6, 6.07) is 5.81. The molecule has 0 aliphatic carbocycles. The number of aliphatic imine (C=N–C) groups is 1. The first kappa shape index (κ1) is 22.8. The molecule has 0 atom stereocenters. The van der Waals surface area contributed by atoms with E-state index in [0.717, 1.165) is 23.3 Å². The summed E-state index contributed by atoms with van der Waals surface area (Å²) in [6.45, 7) is 4.90. The van der Waals surface area contributed by atoms with E-state index in [2.05, 4.69) is 15.0 Å². The van der Waals surface area contributed by atoms with Crippen LogP contribution in [0.25, 0.3) is 0 Å². The quantitative estimate of drug-likeness (QED) is 0.350. The van der Waals surface area contributed by atoms with E-state index in [9.17, 15) is 8.42 Å². The van der Waals surface area contributed by atoms with Gasteiger partial charge in [-0.15, -0.1) is 24.0 Å². The Kier molecular flexibility index (Phi) is 7.96. The van der Waals surface area contributed by atoms with Gasteiger partial charge in [-0.2, -0.15) is 0 Å². The van der Waals surface area contributed by atoms with Crippen molar-refractivity contribution in [2.24, 2.45) is 4.99 Å². The van der Waals surface area contributed by atoms with Crippen LogP contribution < -0.4 is 19.5 Å². The van der Waals surface area contributed by atoms with Crippen molar-refractivity contribution in [2.75, 3.05) is 33.7 Å². The fourth-order valence-electron chi connectivity index (χ4n) is 2.61. The minimum absolute atomic E-state index is 0. The molecule has 0 radical (unpaired) electrons. The van der Waals surface area contributed by atoms with Crippen LogP contribution in [0.1, 0.15) is 19.4 Å². The second-order valence-corrected chi connectivity index (χ2v) is 8.45. The summed E-state index contributed by atoms with van der Waals surface area (Å²) in [6.07, 6.45) is 1.15. The molecule has 0 spiro atoms. The second kappa shape index (κ2) is 9.09. The van der Waals surface area contributed by atoms with Crippen molar-refractivity contribution in [3.05, 3.63) is 23.8 Å². The van der Waals surface area contributed by atoms with E-state index < -0.39 is 15.6 Å². The maximum atomic E-state index is 11.4. The van der Waals surface area contributed by atoms with Gasteiger partial charge in [-0.1, -0.05) is 6.07 Å². The van der Waals surface area contributed by atoms with E-state index in [1.54, 1.807) is 7.05 Å². The molecule has 1 aliphatic rings. The fourth-order valence-corrected chi connectivity index (χ4v) is 3.69. The number of ether oxygens (including phenoxy) is 2. The van der Waals surface area contributed by atoms with Crippen LogP contribution >= 0.6 is 24.0 Å². The standard InChI is InChI=1S/C16H26N4O4S.HI/c1-16(2,19-25(5,21)22)10-18-15(17-3)20(4)9-12-6-7-13-14(8-12)24-11-23-13;/h6-8,19H,9-11H2,1-5H3,(H,17,18);1H. The van der Waals surface area contributed by atoms with Gasteiger partial charge in [0.05, 0.1) is 6.26 Å². The second-order valence-electron chi connectivity index (χ2n) is 6.70. The van der Waals surface area contributed by atoms with E-state index in [4.69, 9.17) is 9.47 Å². The number of nitrogens with zero attached hydrogens (tertiary/aromatic N) is 2. The van der Waals surface area contributed by atoms with Crippen LogP contribution in [-0.2, 0) is 16.6 Å². The number of rotatable bonds is 6. The Hall–Kier alpha value is -1.27. The number of benzene rings is 1. The number of hydrogen-bond donors (Lipinski definition) is 2. The zero-order chi connectivity index (χ0) is 18.7. The minimum Gasteiger partial charge on any atom is -0.454 e. The zero-order valence-electron chi connectivity index (χ0n) is 15.7. The summed E-state index contributed by atoms with van der Waals surface area (Å²) in [4.78, 5) is 6.21. The molecule has 0 fully saturated rings. The van der Waals surface area contributed by atoms with Crippen LogP contribution in [0.15, 0.2) is 23.2 Å². The molecular weight excluding hydrogens is 471 g/mol. The summed E-state index contributed by atoms with van der Waals surface area (Å²) < 4.78 is 36.2. The number of fused-ring (bicyclic) bond motifs is 1. The fraction of sp³-hybridized carbons (Fsp3) is 0.562. The molecule has 1 aromatic carbocycles. The number of nitrogens with one attached hydrogen (secondary N) is 2. The van der Waals surface area contributed by atoms with Gasteiger partial charge < -0.3 is 19.7 Å². The predicted molar refractivity (Wildman–Crippen MR) is 113 cm³/mol. The average Bonchev–Trinajstić information content (AvgIpc) is 2.92. The maximum Gasteiger partial charge on any atom is 0.231 e. The zero-order valence-corrected chi connectivity index (χ0v) is 18.8. The van der Waals surface area contributed by atoms with Gasteiger partial charge in [0.2, 0.25) is 16.8 Å². The number of halogens is 1. The van der Waals surface area contributed by atoms with Crippen molar-refractivity contribution in [1.82, 2.24) is 14.9 Å². The molecule has 0 unspecified atom stereocenters.